The molecule has 0 aromatic carbocycles. The zero-order chi connectivity index (χ0) is 6.62. The first-order valence-corrected chi connectivity index (χ1v) is 2.81. The monoisotopic (exact) mass is 116 g/mol. The molecule has 0 saturated heterocycles. The van der Waals surface area contributed by atoms with Crippen LogP contribution in [0.1, 0.15) is 27.2 Å². The first-order chi connectivity index (χ1) is 3.56. The maximum atomic E-state index is 11.3. The molecule has 0 aliphatic rings. The van der Waals surface area contributed by atoms with Crippen molar-refractivity contribution in [2.24, 2.45) is 5.41 Å². The summed E-state index contributed by atoms with van der Waals surface area (Å²) in [5.41, 5.74) is 0.225. The zero-order valence-electron chi connectivity index (χ0n) is 5.74. The molecule has 0 heterocycles. The van der Waals surface area contributed by atoms with Crippen LogP contribution in [0.5, 0.6) is 0 Å². The van der Waals surface area contributed by atoms with E-state index in [9.17, 15) is 4.39 Å². The third-order valence-corrected chi connectivity index (χ3v) is 0.819. The van der Waals surface area contributed by atoms with Gasteiger partial charge < -0.3 is 0 Å². The Kier molecular flexibility index (Phi) is 2.74. The van der Waals surface area contributed by atoms with E-state index in [0.29, 0.717) is 6.33 Å². The molecule has 0 aliphatic carbocycles. The highest BCUT2D eigenvalue weighted by atomic mass is 19.1. The lowest BCUT2D eigenvalue weighted by molar-refractivity contribution is 0.418. The van der Waals surface area contributed by atoms with Crippen molar-refractivity contribution in [3.8, 4) is 0 Å². The molecule has 0 saturated carbocycles. The standard InChI is InChI=1S/C7H13F/c1-7(2,3)5-4-6-8/h4,6H,5H2,1-3H3/b6-4+. The Bertz CT molecular complexity index is 76.9. The van der Waals surface area contributed by atoms with Crippen LogP contribution in [0.3, 0.4) is 0 Å². The van der Waals surface area contributed by atoms with Gasteiger partial charge in [-0.3, -0.25) is 0 Å². The molecule has 0 amide bonds. The van der Waals surface area contributed by atoms with E-state index < -0.39 is 0 Å². The van der Waals surface area contributed by atoms with E-state index >= 15 is 0 Å². The minimum atomic E-state index is 0.225. The Balaban J connectivity index is 3.39. The summed E-state index contributed by atoms with van der Waals surface area (Å²) in [7, 11) is 0. The Labute approximate surface area is 50.4 Å². The van der Waals surface area contributed by atoms with Gasteiger partial charge in [-0.2, -0.15) is 0 Å². The quantitative estimate of drug-likeness (QED) is 0.494. The van der Waals surface area contributed by atoms with Gasteiger partial charge in [0.05, 0.1) is 6.33 Å². The van der Waals surface area contributed by atoms with Crippen LogP contribution >= 0.6 is 0 Å². The largest absolute Gasteiger partial charge is 0.216 e. The predicted molar refractivity (Wildman–Crippen MR) is 34.3 cm³/mol. The van der Waals surface area contributed by atoms with Crippen molar-refractivity contribution in [2.45, 2.75) is 27.2 Å². The minimum absolute atomic E-state index is 0.225. The summed E-state index contributed by atoms with van der Waals surface area (Å²) in [6, 6.07) is 0. The SMILES string of the molecule is CC(C)(C)C/C=C/F. The molecule has 0 fully saturated rings. The molecule has 1 heteroatoms. The molecule has 0 aromatic rings. The Morgan fingerprint density at radius 3 is 2.00 bits per heavy atom. The highest BCUT2D eigenvalue weighted by Crippen LogP contribution is 2.18. The molecule has 0 bridgehead atoms. The van der Waals surface area contributed by atoms with Gasteiger partial charge in [-0.25, -0.2) is 4.39 Å². The van der Waals surface area contributed by atoms with Gasteiger partial charge in [-0.15, -0.1) is 0 Å². The van der Waals surface area contributed by atoms with Crippen molar-refractivity contribution in [1.82, 2.24) is 0 Å². The topological polar surface area (TPSA) is 0 Å². The van der Waals surface area contributed by atoms with Crippen molar-refractivity contribution in [3.63, 3.8) is 0 Å². The fourth-order valence-electron chi connectivity index (χ4n) is 0.398. The van der Waals surface area contributed by atoms with Crippen LogP contribution in [0.15, 0.2) is 12.4 Å². The van der Waals surface area contributed by atoms with E-state index in [1.54, 1.807) is 6.08 Å². The number of allylic oxidation sites excluding steroid dienone is 1. The highest BCUT2D eigenvalue weighted by molar-refractivity contribution is 4.78. The zero-order valence-corrected chi connectivity index (χ0v) is 5.74. The van der Waals surface area contributed by atoms with Crippen LogP contribution in [0, 0.1) is 5.41 Å². The number of rotatable bonds is 1. The third-order valence-electron chi connectivity index (χ3n) is 0.819. The molecule has 0 atom stereocenters. The number of hydrogen-bond acceptors (Lipinski definition) is 0. The molecule has 0 aromatic heterocycles. The van der Waals surface area contributed by atoms with E-state index in [1.807, 2.05) is 0 Å². The van der Waals surface area contributed by atoms with Crippen molar-refractivity contribution < 1.29 is 4.39 Å². The molecule has 0 radical (unpaired) electrons. The summed E-state index contributed by atoms with van der Waals surface area (Å²) >= 11 is 0. The summed E-state index contributed by atoms with van der Waals surface area (Å²) in [5.74, 6) is 0. The normalized spacial score (nSPS) is 13.0. The summed E-state index contributed by atoms with van der Waals surface area (Å²) in [4.78, 5) is 0. The van der Waals surface area contributed by atoms with Crippen molar-refractivity contribution >= 4 is 0 Å². The fraction of sp³-hybridized carbons (Fsp3) is 0.714. The number of hydrogen-bond donors (Lipinski definition) is 0. The Morgan fingerprint density at radius 1 is 1.38 bits per heavy atom. The van der Waals surface area contributed by atoms with Crippen LogP contribution in [0.25, 0.3) is 0 Å². The lowest BCUT2D eigenvalue weighted by Gasteiger charge is -2.13. The molecule has 0 N–H and O–H groups in total. The van der Waals surface area contributed by atoms with Crippen LogP contribution < -0.4 is 0 Å². The Hall–Kier alpha value is -0.330. The average Bonchev–Trinajstić information content (AvgIpc) is 1.59. The van der Waals surface area contributed by atoms with Crippen LogP contribution in [-0.4, -0.2) is 0 Å². The third kappa shape index (κ3) is 5.67. The molecule has 0 unspecified atom stereocenters. The molecular formula is C7H13F. The maximum absolute atomic E-state index is 11.3. The molecular weight excluding hydrogens is 103 g/mol. The molecule has 0 nitrogen and oxygen atoms in total. The van der Waals surface area contributed by atoms with Gasteiger partial charge >= 0.3 is 0 Å². The lowest BCUT2D eigenvalue weighted by Crippen LogP contribution is -2.01. The summed E-state index contributed by atoms with van der Waals surface area (Å²) in [5, 5.41) is 0. The van der Waals surface area contributed by atoms with Crippen LogP contribution in [0.2, 0.25) is 0 Å². The summed E-state index contributed by atoms with van der Waals surface area (Å²) in [6.45, 7) is 6.23. The van der Waals surface area contributed by atoms with E-state index in [2.05, 4.69) is 20.8 Å². The van der Waals surface area contributed by atoms with Crippen LogP contribution in [0.4, 0.5) is 4.39 Å². The first-order valence-electron chi connectivity index (χ1n) is 2.81. The van der Waals surface area contributed by atoms with Gasteiger partial charge in [-0.05, 0) is 11.8 Å². The minimum Gasteiger partial charge on any atom is -0.216 e. The molecule has 0 rings (SSSR count). The molecule has 0 aliphatic heterocycles. The van der Waals surface area contributed by atoms with E-state index in [0.717, 1.165) is 6.42 Å². The van der Waals surface area contributed by atoms with E-state index in [-0.39, 0.29) is 5.41 Å². The Morgan fingerprint density at radius 2 is 1.88 bits per heavy atom. The van der Waals surface area contributed by atoms with Gasteiger partial charge in [0.2, 0.25) is 0 Å². The van der Waals surface area contributed by atoms with Crippen molar-refractivity contribution in [3.05, 3.63) is 12.4 Å². The maximum Gasteiger partial charge on any atom is 0.0827 e. The van der Waals surface area contributed by atoms with Crippen LogP contribution in [-0.2, 0) is 0 Å². The fourth-order valence-corrected chi connectivity index (χ4v) is 0.398. The predicted octanol–water partition coefficient (Wildman–Crippen LogP) is 2.91. The lowest BCUT2D eigenvalue weighted by atomic mass is 9.93. The van der Waals surface area contributed by atoms with Gasteiger partial charge in [0, 0.05) is 0 Å². The van der Waals surface area contributed by atoms with Crippen molar-refractivity contribution in [1.29, 1.82) is 0 Å². The van der Waals surface area contributed by atoms with Gasteiger partial charge in [0.15, 0.2) is 0 Å². The van der Waals surface area contributed by atoms with Gasteiger partial charge in [0.1, 0.15) is 0 Å². The average molecular weight is 116 g/mol. The summed E-state index contributed by atoms with van der Waals surface area (Å²) in [6.07, 6.45) is 2.95. The second-order valence-electron chi connectivity index (χ2n) is 3.13. The first kappa shape index (κ1) is 7.67. The smallest absolute Gasteiger partial charge is 0.0827 e. The van der Waals surface area contributed by atoms with E-state index in [4.69, 9.17) is 0 Å². The molecule has 48 valence electrons. The van der Waals surface area contributed by atoms with Crippen molar-refractivity contribution in [2.75, 3.05) is 0 Å². The second-order valence-corrected chi connectivity index (χ2v) is 3.13. The summed E-state index contributed by atoms with van der Waals surface area (Å²) < 4.78 is 11.3. The molecule has 0 spiro atoms. The molecule has 8 heavy (non-hydrogen) atoms. The van der Waals surface area contributed by atoms with Gasteiger partial charge in [0.25, 0.3) is 0 Å². The van der Waals surface area contributed by atoms with E-state index in [1.165, 1.54) is 0 Å². The van der Waals surface area contributed by atoms with Gasteiger partial charge in [-0.1, -0.05) is 26.8 Å². The highest BCUT2D eigenvalue weighted by Gasteiger charge is 2.05. The second kappa shape index (κ2) is 2.85. The number of halogens is 1.